The lowest BCUT2D eigenvalue weighted by atomic mass is 10.2. The van der Waals surface area contributed by atoms with Gasteiger partial charge in [0.25, 0.3) is 0 Å². The van der Waals surface area contributed by atoms with Crippen molar-refractivity contribution in [2.75, 3.05) is 0 Å². The van der Waals surface area contributed by atoms with Crippen molar-refractivity contribution in [3.05, 3.63) is 18.0 Å². The first-order chi connectivity index (χ1) is 6.88. The molecule has 0 fully saturated rings. The van der Waals surface area contributed by atoms with Gasteiger partial charge in [-0.25, -0.2) is 4.79 Å². The first kappa shape index (κ1) is 11.6. The van der Waals surface area contributed by atoms with Gasteiger partial charge in [0.2, 0.25) is 0 Å². The molecule has 1 rings (SSSR count). The fourth-order valence-electron chi connectivity index (χ4n) is 1.07. The summed E-state index contributed by atoms with van der Waals surface area (Å²) < 4.78 is 5.13. The SMILES string of the molecule is CC(NC(=O)OC(C)(C)C)c1cn[nH]c1. The molecular weight excluding hydrogens is 194 g/mol. The van der Waals surface area contributed by atoms with Crippen molar-refractivity contribution >= 4 is 6.09 Å². The van der Waals surface area contributed by atoms with Crippen molar-refractivity contribution in [2.24, 2.45) is 0 Å². The van der Waals surface area contributed by atoms with Gasteiger partial charge in [-0.1, -0.05) is 0 Å². The second-order valence-corrected chi connectivity index (χ2v) is 4.40. The molecule has 1 amide bonds. The molecule has 1 aromatic heterocycles. The number of aromatic amines is 1. The number of carbonyl (C=O) groups is 1. The van der Waals surface area contributed by atoms with E-state index < -0.39 is 11.7 Å². The standard InChI is InChI=1S/C10H17N3O2/c1-7(8-5-11-12-6-8)13-9(14)15-10(2,3)4/h5-7H,1-4H3,(H,11,12)(H,13,14). The molecule has 0 spiro atoms. The number of H-pyrrole nitrogens is 1. The number of alkyl carbamates (subject to hydrolysis) is 1. The van der Waals surface area contributed by atoms with Crippen LogP contribution in [0.15, 0.2) is 12.4 Å². The number of aromatic nitrogens is 2. The number of ether oxygens (including phenoxy) is 1. The summed E-state index contributed by atoms with van der Waals surface area (Å²) in [4.78, 5) is 11.4. The summed E-state index contributed by atoms with van der Waals surface area (Å²) in [5.74, 6) is 0. The highest BCUT2D eigenvalue weighted by molar-refractivity contribution is 5.68. The molecule has 0 saturated carbocycles. The predicted octanol–water partition coefficient (Wildman–Crippen LogP) is 2.00. The molecule has 1 aromatic rings. The molecule has 0 bridgehead atoms. The predicted molar refractivity (Wildman–Crippen MR) is 56.4 cm³/mol. The van der Waals surface area contributed by atoms with Gasteiger partial charge in [-0.3, -0.25) is 5.10 Å². The topological polar surface area (TPSA) is 67.0 Å². The molecular formula is C10H17N3O2. The third-order valence-corrected chi connectivity index (χ3v) is 1.75. The summed E-state index contributed by atoms with van der Waals surface area (Å²) >= 11 is 0. The van der Waals surface area contributed by atoms with Crippen molar-refractivity contribution in [3.8, 4) is 0 Å². The van der Waals surface area contributed by atoms with Crippen LogP contribution in [0.4, 0.5) is 4.79 Å². The number of amides is 1. The highest BCUT2D eigenvalue weighted by Crippen LogP contribution is 2.11. The number of nitrogens with one attached hydrogen (secondary N) is 2. The van der Waals surface area contributed by atoms with Gasteiger partial charge in [-0.05, 0) is 27.7 Å². The maximum absolute atomic E-state index is 11.4. The van der Waals surface area contributed by atoms with Gasteiger partial charge in [0, 0.05) is 11.8 Å². The van der Waals surface area contributed by atoms with Gasteiger partial charge in [0.05, 0.1) is 12.2 Å². The molecule has 0 aliphatic rings. The van der Waals surface area contributed by atoms with Crippen LogP contribution in [0.5, 0.6) is 0 Å². The second-order valence-electron chi connectivity index (χ2n) is 4.40. The van der Waals surface area contributed by atoms with E-state index in [0.717, 1.165) is 5.56 Å². The average molecular weight is 211 g/mol. The number of rotatable bonds is 2. The third-order valence-electron chi connectivity index (χ3n) is 1.75. The van der Waals surface area contributed by atoms with Crippen LogP contribution < -0.4 is 5.32 Å². The zero-order valence-corrected chi connectivity index (χ0v) is 9.50. The van der Waals surface area contributed by atoms with Crippen molar-refractivity contribution < 1.29 is 9.53 Å². The van der Waals surface area contributed by atoms with Crippen LogP contribution in [-0.2, 0) is 4.74 Å². The van der Waals surface area contributed by atoms with E-state index in [2.05, 4.69) is 15.5 Å². The Morgan fingerprint density at radius 3 is 2.73 bits per heavy atom. The maximum atomic E-state index is 11.4. The Morgan fingerprint density at radius 2 is 2.27 bits per heavy atom. The number of hydrogen-bond acceptors (Lipinski definition) is 3. The van der Waals surface area contributed by atoms with Crippen LogP contribution in [-0.4, -0.2) is 21.9 Å². The number of nitrogens with zero attached hydrogens (tertiary/aromatic N) is 1. The molecule has 5 nitrogen and oxygen atoms in total. The van der Waals surface area contributed by atoms with E-state index in [9.17, 15) is 4.79 Å². The average Bonchev–Trinajstić information content (AvgIpc) is 2.50. The normalized spacial score (nSPS) is 13.3. The zero-order valence-electron chi connectivity index (χ0n) is 9.50. The zero-order chi connectivity index (χ0) is 11.5. The summed E-state index contributed by atoms with van der Waals surface area (Å²) in [7, 11) is 0. The van der Waals surface area contributed by atoms with E-state index >= 15 is 0 Å². The molecule has 84 valence electrons. The minimum atomic E-state index is -0.472. The molecule has 15 heavy (non-hydrogen) atoms. The third kappa shape index (κ3) is 4.01. The van der Waals surface area contributed by atoms with Crippen LogP contribution in [0.3, 0.4) is 0 Å². The van der Waals surface area contributed by atoms with Crippen LogP contribution in [0, 0.1) is 0 Å². The number of hydrogen-bond donors (Lipinski definition) is 2. The van der Waals surface area contributed by atoms with Crippen molar-refractivity contribution in [1.82, 2.24) is 15.5 Å². The van der Waals surface area contributed by atoms with Crippen LogP contribution in [0.2, 0.25) is 0 Å². The fourth-order valence-corrected chi connectivity index (χ4v) is 1.07. The molecule has 0 aliphatic carbocycles. The fraction of sp³-hybridized carbons (Fsp3) is 0.600. The molecule has 0 saturated heterocycles. The quantitative estimate of drug-likeness (QED) is 0.786. The minimum absolute atomic E-state index is 0.112. The Bertz CT molecular complexity index is 314. The Balaban J connectivity index is 2.45. The van der Waals surface area contributed by atoms with E-state index in [1.54, 1.807) is 12.4 Å². The summed E-state index contributed by atoms with van der Waals surface area (Å²) in [6.07, 6.45) is 2.99. The molecule has 0 aromatic carbocycles. The largest absolute Gasteiger partial charge is 0.444 e. The molecule has 1 unspecified atom stereocenters. The van der Waals surface area contributed by atoms with E-state index in [4.69, 9.17) is 4.74 Å². The van der Waals surface area contributed by atoms with Gasteiger partial charge in [0.15, 0.2) is 0 Å². The Hall–Kier alpha value is -1.52. The van der Waals surface area contributed by atoms with E-state index in [0.29, 0.717) is 0 Å². The van der Waals surface area contributed by atoms with Gasteiger partial charge in [0.1, 0.15) is 5.60 Å². The van der Waals surface area contributed by atoms with E-state index in [1.807, 2.05) is 27.7 Å². The molecule has 1 heterocycles. The van der Waals surface area contributed by atoms with E-state index in [1.165, 1.54) is 0 Å². The van der Waals surface area contributed by atoms with Gasteiger partial charge in [-0.15, -0.1) is 0 Å². The van der Waals surface area contributed by atoms with Crippen LogP contribution in [0.1, 0.15) is 39.3 Å². The Morgan fingerprint density at radius 1 is 1.60 bits per heavy atom. The van der Waals surface area contributed by atoms with E-state index in [-0.39, 0.29) is 6.04 Å². The summed E-state index contributed by atoms with van der Waals surface area (Å²) in [6, 6.07) is -0.112. The molecule has 0 radical (unpaired) electrons. The van der Waals surface area contributed by atoms with Crippen LogP contribution in [0.25, 0.3) is 0 Å². The molecule has 2 N–H and O–H groups in total. The maximum Gasteiger partial charge on any atom is 0.408 e. The lowest BCUT2D eigenvalue weighted by molar-refractivity contribution is 0.0508. The van der Waals surface area contributed by atoms with Crippen molar-refractivity contribution in [3.63, 3.8) is 0 Å². The summed E-state index contributed by atoms with van der Waals surface area (Å²) in [5, 5.41) is 9.22. The van der Waals surface area contributed by atoms with Crippen LogP contribution >= 0.6 is 0 Å². The highest BCUT2D eigenvalue weighted by atomic mass is 16.6. The molecule has 0 aliphatic heterocycles. The monoisotopic (exact) mass is 211 g/mol. The lowest BCUT2D eigenvalue weighted by Crippen LogP contribution is -2.33. The van der Waals surface area contributed by atoms with Crippen molar-refractivity contribution in [1.29, 1.82) is 0 Å². The van der Waals surface area contributed by atoms with Gasteiger partial charge < -0.3 is 10.1 Å². The highest BCUT2D eigenvalue weighted by Gasteiger charge is 2.18. The summed E-state index contributed by atoms with van der Waals surface area (Å²) in [5.41, 5.74) is 0.445. The van der Waals surface area contributed by atoms with Gasteiger partial charge >= 0.3 is 6.09 Å². The number of carbonyl (C=O) groups excluding carboxylic acids is 1. The molecule has 5 heteroatoms. The Kier molecular flexibility index (Phi) is 3.34. The van der Waals surface area contributed by atoms with Crippen molar-refractivity contribution in [2.45, 2.75) is 39.3 Å². The first-order valence-electron chi connectivity index (χ1n) is 4.86. The van der Waals surface area contributed by atoms with Gasteiger partial charge in [-0.2, -0.15) is 5.10 Å². The second kappa shape index (κ2) is 4.33. The first-order valence-corrected chi connectivity index (χ1v) is 4.86. The smallest absolute Gasteiger partial charge is 0.408 e. The minimum Gasteiger partial charge on any atom is -0.444 e. The Labute approximate surface area is 89.2 Å². The molecule has 1 atom stereocenters. The lowest BCUT2D eigenvalue weighted by Gasteiger charge is -2.21. The summed E-state index contributed by atoms with van der Waals surface area (Å²) in [6.45, 7) is 7.36.